The van der Waals surface area contributed by atoms with E-state index in [1.165, 1.54) is 12.8 Å². The van der Waals surface area contributed by atoms with Crippen molar-refractivity contribution >= 4 is 0 Å². The average Bonchev–Trinajstić information content (AvgIpc) is 3.11. The van der Waals surface area contributed by atoms with Crippen molar-refractivity contribution in [3.63, 3.8) is 0 Å². The predicted octanol–water partition coefficient (Wildman–Crippen LogP) is 1.69. The van der Waals surface area contributed by atoms with E-state index >= 15 is 0 Å². The molecule has 1 aliphatic rings. The molecule has 0 saturated heterocycles. The molecule has 3 rings (SSSR count). The number of aromatic nitrogens is 4. The Morgan fingerprint density at radius 3 is 3.00 bits per heavy atom. The topological polar surface area (TPSA) is 93.6 Å². The molecule has 0 aromatic carbocycles. The smallest absolute Gasteiger partial charge is 0.243 e. The number of rotatable bonds is 4. The number of nitrogens with two attached hydrogens (primary N) is 1. The number of H-pyrrole nitrogens is 1. The lowest BCUT2D eigenvalue weighted by Crippen LogP contribution is -2.14. The third-order valence-electron chi connectivity index (χ3n) is 3.49. The molecule has 6 heteroatoms. The summed E-state index contributed by atoms with van der Waals surface area (Å²) in [7, 11) is 0. The van der Waals surface area contributed by atoms with Crippen molar-refractivity contribution in [1.29, 1.82) is 0 Å². The number of nitrogens with zero attached hydrogens (tertiary/aromatic N) is 3. The molecule has 18 heavy (non-hydrogen) atoms. The summed E-state index contributed by atoms with van der Waals surface area (Å²) in [5.74, 6) is 1.80. The van der Waals surface area contributed by atoms with Gasteiger partial charge in [-0.15, -0.1) is 0 Å². The van der Waals surface area contributed by atoms with Crippen molar-refractivity contribution in [1.82, 2.24) is 20.1 Å². The summed E-state index contributed by atoms with van der Waals surface area (Å²) < 4.78 is 5.27. The summed E-state index contributed by atoms with van der Waals surface area (Å²) in [5, 5.41) is 4.06. The molecule has 0 aliphatic heterocycles. The van der Waals surface area contributed by atoms with Crippen LogP contribution in [-0.2, 0) is 6.42 Å². The molecule has 2 heterocycles. The third-order valence-corrected chi connectivity index (χ3v) is 3.49. The van der Waals surface area contributed by atoms with Gasteiger partial charge in [0.15, 0.2) is 5.82 Å². The fraction of sp³-hybridized carbons (Fsp3) is 0.583. The van der Waals surface area contributed by atoms with Crippen LogP contribution in [0.4, 0.5) is 0 Å². The Morgan fingerprint density at radius 2 is 2.28 bits per heavy atom. The van der Waals surface area contributed by atoms with Crippen molar-refractivity contribution < 1.29 is 4.52 Å². The van der Waals surface area contributed by atoms with Gasteiger partial charge >= 0.3 is 0 Å². The van der Waals surface area contributed by atoms with Crippen LogP contribution in [0.3, 0.4) is 0 Å². The second kappa shape index (κ2) is 4.89. The Balaban J connectivity index is 1.68. The average molecular weight is 247 g/mol. The maximum absolute atomic E-state index is 6.05. The van der Waals surface area contributed by atoms with Crippen LogP contribution >= 0.6 is 0 Å². The lowest BCUT2D eigenvalue weighted by atomic mass is 10.1. The molecule has 0 unspecified atom stereocenters. The first kappa shape index (κ1) is 11.4. The molecular weight excluding hydrogens is 230 g/mol. The SMILES string of the molecule is N[C@H](Cc1cnc[nH]1)c1nc(C2CCCC2)no1. The molecule has 6 nitrogen and oxygen atoms in total. The molecule has 3 N–H and O–H groups in total. The maximum Gasteiger partial charge on any atom is 0.243 e. The van der Waals surface area contributed by atoms with E-state index in [-0.39, 0.29) is 6.04 Å². The summed E-state index contributed by atoms with van der Waals surface area (Å²) in [6.45, 7) is 0. The van der Waals surface area contributed by atoms with Gasteiger partial charge in [-0.25, -0.2) is 4.98 Å². The van der Waals surface area contributed by atoms with Crippen LogP contribution in [0.25, 0.3) is 0 Å². The lowest BCUT2D eigenvalue weighted by Gasteiger charge is -2.04. The molecule has 2 aromatic rings. The van der Waals surface area contributed by atoms with E-state index in [0.29, 0.717) is 18.2 Å². The van der Waals surface area contributed by atoms with Crippen LogP contribution in [0.5, 0.6) is 0 Å². The predicted molar refractivity (Wildman–Crippen MR) is 64.7 cm³/mol. The number of hydrogen-bond donors (Lipinski definition) is 2. The highest BCUT2D eigenvalue weighted by atomic mass is 16.5. The number of hydrogen-bond acceptors (Lipinski definition) is 5. The quantitative estimate of drug-likeness (QED) is 0.857. The highest BCUT2D eigenvalue weighted by Gasteiger charge is 2.24. The summed E-state index contributed by atoms with van der Waals surface area (Å²) in [6, 6.07) is -0.270. The van der Waals surface area contributed by atoms with Gasteiger partial charge in [-0.2, -0.15) is 4.98 Å². The Kier molecular flexibility index (Phi) is 3.10. The fourth-order valence-electron chi connectivity index (χ4n) is 2.47. The number of nitrogens with one attached hydrogen (secondary N) is 1. The van der Waals surface area contributed by atoms with Crippen molar-refractivity contribution in [3.05, 3.63) is 29.9 Å². The summed E-state index contributed by atoms with van der Waals surface area (Å²) in [5.41, 5.74) is 7.03. The highest BCUT2D eigenvalue weighted by molar-refractivity contribution is 5.04. The van der Waals surface area contributed by atoms with E-state index in [4.69, 9.17) is 10.3 Å². The van der Waals surface area contributed by atoms with Gasteiger partial charge in [0, 0.05) is 24.2 Å². The molecule has 0 spiro atoms. The molecule has 1 fully saturated rings. The van der Waals surface area contributed by atoms with E-state index in [1.54, 1.807) is 12.5 Å². The first-order valence-electron chi connectivity index (χ1n) is 6.39. The van der Waals surface area contributed by atoms with Crippen LogP contribution in [-0.4, -0.2) is 20.1 Å². The van der Waals surface area contributed by atoms with Crippen LogP contribution < -0.4 is 5.73 Å². The first-order chi connectivity index (χ1) is 8.83. The maximum atomic E-state index is 6.05. The zero-order valence-corrected chi connectivity index (χ0v) is 10.2. The normalized spacial score (nSPS) is 18.3. The standard InChI is InChI=1S/C12H17N5O/c13-10(5-9-6-14-7-15-9)12-16-11(17-18-12)8-3-1-2-4-8/h6-8,10H,1-5,13H2,(H,14,15)/t10-/m1/s1. The Bertz CT molecular complexity index is 486. The first-order valence-corrected chi connectivity index (χ1v) is 6.39. The van der Waals surface area contributed by atoms with Gasteiger partial charge < -0.3 is 15.2 Å². The van der Waals surface area contributed by atoms with E-state index in [9.17, 15) is 0 Å². The highest BCUT2D eigenvalue weighted by Crippen LogP contribution is 2.32. The van der Waals surface area contributed by atoms with Crippen molar-refractivity contribution in [2.75, 3.05) is 0 Å². The van der Waals surface area contributed by atoms with Crippen molar-refractivity contribution in [2.24, 2.45) is 5.73 Å². The Hall–Kier alpha value is -1.69. The molecule has 1 saturated carbocycles. The van der Waals surface area contributed by atoms with Gasteiger partial charge in [-0.1, -0.05) is 18.0 Å². The summed E-state index contributed by atoms with van der Waals surface area (Å²) in [6.07, 6.45) is 8.87. The lowest BCUT2D eigenvalue weighted by molar-refractivity contribution is 0.347. The van der Waals surface area contributed by atoms with Gasteiger partial charge in [0.2, 0.25) is 5.89 Å². The minimum atomic E-state index is -0.270. The number of aromatic amines is 1. The molecule has 0 radical (unpaired) electrons. The van der Waals surface area contributed by atoms with E-state index in [0.717, 1.165) is 24.4 Å². The van der Waals surface area contributed by atoms with Crippen LogP contribution in [0.1, 0.15) is 55.1 Å². The largest absolute Gasteiger partial charge is 0.348 e. The van der Waals surface area contributed by atoms with Gasteiger partial charge in [-0.05, 0) is 12.8 Å². The molecule has 1 atom stereocenters. The van der Waals surface area contributed by atoms with E-state index in [1.807, 2.05) is 0 Å². The number of imidazole rings is 1. The monoisotopic (exact) mass is 247 g/mol. The summed E-state index contributed by atoms with van der Waals surface area (Å²) >= 11 is 0. The third kappa shape index (κ3) is 2.28. The fourth-order valence-corrected chi connectivity index (χ4v) is 2.47. The van der Waals surface area contributed by atoms with Crippen LogP contribution in [0.15, 0.2) is 17.0 Å². The second-order valence-corrected chi connectivity index (χ2v) is 4.86. The molecular formula is C12H17N5O. The molecule has 1 aliphatic carbocycles. The molecule has 2 aromatic heterocycles. The second-order valence-electron chi connectivity index (χ2n) is 4.86. The zero-order valence-electron chi connectivity index (χ0n) is 10.2. The van der Waals surface area contributed by atoms with E-state index < -0.39 is 0 Å². The van der Waals surface area contributed by atoms with Crippen LogP contribution in [0.2, 0.25) is 0 Å². The van der Waals surface area contributed by atoms with Gasteiger partial charge in [0.25, 0.3) is 0 Å². The Labute approximate surface area is 105 Å². The minimum Gasteiger partial charge on any atom is -0.348 e. The van der Waals surface area contributed by atoms with Gasteiger partial charge in [-0.3, -0.25) is 0 Å². The summed E-state index contributed by atoms with van der Waals surface area (Å²) in [4.78, 5) is 11.4. The van der Waals surface area contributed by atoms with Gasteiger partial charge in [0.05, 0.1) is 12.4 Å². The Morgan fingerprint density at radius 1 is 1.44 bits per heavy atom. The van der Waals surface area contributed by atoms with Crippen LogP contribution in [0, 0.1) is 0 Å². The molecule has 96 valence electrons. The van der Waals surface area contributed by atoms with Crippen molar-refractivity contribution in [3.8, 4) is 0 Å². The molecule has 0 amide bonds. The van der Waals surface area contributed by atoms with E-state index in [2.05, 4.69) is 20.1 Å². The molecule has 0 bridgehead atoms. The van der Waals surface area contributed by atoms with Gasteiger partial charge in [0.1, 0.15) is 0 Å². The van der Waals surface area contributed by atoms with Crippen molar-refractivity contribution in [2.45, 2.75) is 44.1 Å². The minimum absolute atomic E-state index is 0.270. The zero-order chi connectivity index (χ0) is 12.4.